The highest BCUT2D eigenvalue weighted by atomic mass is 127. The van der Waals surface area contributed by atoms with E-state index in [1.807, 2.05) is 43.3 Å². The first-order valence-corrected chi connectivity index (χ1v) is 8.96. The monoisotopic (exact) mass is 504 g/mol. The van der Waals surface area contributed by atoms with Gasteiger partial charge >= 0.3 is 0 Å². The van der Waals surface area contributed by atoms with Crippen molar-refractivity contribution in [2.45, 2.75) is 19.5 Å². The second-order valence-electron chi connectivity index (χ2n) is 6.40. The minimum Gasteiger partial charge on any atom is -0.356 e. The molecule has 0 saturated heterocycles. The summed E-state index contributed by atoms with van der Waals surface area (Å²) in [5.74, 6) is 0.539. The molecule has 0 spiro atoms. The molecule has 0 aliphatic heterocycles. The van der Waals surface area contributed by atoms with Crippen LogP contribution < -0.4 is 10.6 Å². The van der Waals surface area contributed by atoms with Gasteiger partial charge in [-0.25, -0.2) is 4.39 Å². The highest BCUT2D eigenvalue weighted by Crippen LogP contribution is 2.12. The molecule has 0 aliphatic carbocycles. The Hall–Kier alpha value is -1.38. The van der Waals surface area contributed by atoms with E-state index < -0.39 is 0 Å². The van der Waals surface area contributed by atoms with Gasteiger partial charge < -0.3 is 15.5 Å². The van der Waals surface area contributed by atoms with Crippen LogP contribution in [0.3, 0.4) is 0 Å². The third-order valence-corrected chi connectivity index (χ3v) is 4.11. The summed E-state index contributed by atoms with van der Waals surface area (Å²) in [5, 5.41) is 7.28. The first-order valence-electron chi connectivity index (χ1n) is 8.59. The fourth-order valence-electron chi connectivity index (χ4n) is 2.62. The molecule has 0 aliphatic rings. The average Bonchev–Trinajstić information content (AvgIpc) is 2.60. The molecule has 0 atom stereocenters. The Morgan fingerprint density at radius 1 is 1.11 bits per heavy atom. The van der Waals surface area contributed by atoms with Crippen LogP contribution in [0.4, 0.5) is 4.39 Å². The van der Waals surface area contributed by atoms with Crippen LogP contribution >= 0.6 is 35.6 Å². The van der Waals surface area contributed by atoms with Crippen molar-refractivity contribution in [3.63, 3.8) is 0 Å². The van der Waals surface area contributed by atoms with Crippen molar-refractivity contribution < 1.29 is 4.39 Å². The third-order valence-electron chi connectivity index (χ3n) is 3.88. The summed E-state index contributed by atoms with van der Waals surface area (Å²) in [6.45, 7) is 1.90. The molecule has 0 heterocycles. The molecule has 27 heavy (non-hydrogen) atoms. The Labute approximate surface area is 183 Å². The predicted octanol–water partition coefficient (Wildman–Crippen LogP) is 4.07. The van der Waals surface area contributed by atoms with Crippen molar-refractivity contribution in [2.24, 2.45) is 4.99 Å². The maximum Gasteiger partial charge on any atom is 0.191 e. The number of nitrogens with one attached hydrogen (secondary N) is 2. The fraction of sp³-hybridized carbons (Fsp3) is 0.350. The van der Waals surface area contributed by atoms with Gasteiger partial charge in [-0.2, -0.15) is 0 Å². The molecule has 2 N–H and O–H groups in total. The zero-order valence-corrected chi connectivity index (χ0v) is 19.0. The standard InChI is InChI=1S/C20H26ClFN4.HI/c1-23-20(24-10-9-15-5-4-6-18(21)12-15)25-13-16-7-8-19(22)17(11-16)14-26(2)3;/h4-8,11-12H,9-10,13-14H2,1-3H3,(H2,23,24,25);1H. The number of guanidine groups is 1. The molecular weight excluding hydrogens is 478 g/mol. The third kappa shape index (κ3) is 8.45. The van der Waals surface area contributed by atoms with E-state index in [4.69, 9.17) is 11.6 Å². The second kappa shape index (κ2) is 12.2. The van der Waals surface area contributed by atoms with Gasteiger partial charge in [0.05, 0.1) is 0 Å². The maximum atomic E-state index is 13.9. The lowest BCUT2D eigenvalue weighted by Crippen LogP contribution is -2.37. The number of halogens is 3. The Balaban J connectivity index is 0.00000364. The number of hydrogen-bond donors (Lipinski definition) is 2. The Bertz CT molecular complexity index is 753. The number of hydrogen-bond acceptors (Lipinski definition) is 2. The highest BCUT2D eigenvalue weighted by molar-refractivity contribution is 14.0. The first-order chi connectivity index (χ1) is 12.5. The largest absolute Gasteiger partial charge is 0.356 e. The summed E-state index contributed by atoms with van der Waals surface area (Å²) < 4.78 is 13.9. The number of rotatable bonds is 7. The van der Waals surface area contributed by atoms with E-state index in [-0.39, 0.29) is 29.8 Å². The van der Waals surface area contributed by atoms with Gasteiger partial charge in [-0.1, -0.05) is 29.8 Å². The van der Waals surface area contributed by atoms with Gasteiger partial charge in [0, 0.05) is 37.3 Å². The van der Waals surface area contributed by atoms with E-state index in [2.05, 4.69) is 21.7 Å². The predicted molar refractivity (Wildman–Crippen MR) is 123 cm³/mol. The van der Waals surface area contributed by atoms with E-state index in [1.54, 1.807) is 13.1 Å². The van der Waals surface area contributed by atoms with E-state index >= 15 is 0 Å². The summed E-state index contributed by atoms with van der Waals surface area (Å²) >= 11 is 6.00. The van der Waals surface area contributed by atoms with Crippen molar-refractivity contribution in [1.82, 2.24) is 15.5 Å². The minimum absolute atomic E-state index is 0. The minimum atomic E-state index is -0.175. The number of aliphatic imine (C=N–C) groups is 1. The SMILES string of the molecule is CN=C(NCCc1cccc(Cl)c1)NCc1ccc(F)c(CN(C)C)c1.I. The molecule has 2 aromatic carbocycles. The Morgan fingerprint density at radius 3 is 2.56 bits per heavy atom. The second-order valence-corrected chi connectivity index (χ2v) is 6.83. The lowest BCUT2D eigenvalue weighted by molar-refractivity contribution is 0.392. The maximum absolute atomic E-state index is 13.9. The summed E-state index contributed by atoms with van der Waals surface area (Å²) in [5.41, 5.74) is 2.88. The van der Waals surface area contributed by atoms with Gasteiger partial charge in [0.25, 0.3) is 0 Å². The summed E-state index contributed by atoms with van der Waals surface area (Å²) in [7, 11) is 5.59. The van der Waals surface area contributed by atoms with Crippen molar-refractivity contribution >= 4 is 41.5 Å². The van der Waals surface area contributed by atoms with Crippen LogP contribution in [-0.2, 0) is 19.5 Å². The normalized spacial score (nSPS) is 11.3. The first kappa shape index (κ1) is 23.7. The molecule has 0 unspecified atom stereocenters. The van der Waals surface area contributed by atoms with Crippen molar-refractivity contribution in [3.8, 4) is 0 Å². The van der Waals surface area contributed by atoms with Crippen LogP contribution in [-0.4, -0.2) is 38.5 Å². The van der Waals surface area contributed by atoms with Crippen LogP contribution in [0.2, 0.25) is 5.02 Å². The molecule has 7 heteroatoms. The highest BCUT2D eigenvalue weighted by Gasteiger charge is 2.06. The summed E-state index contributed by atoms with van der Waals surface area (Å²) in [6.07, 6.45) is 0.852. The van der Waals surface area contributed by atoms with Crippen molar-refractivity contribution in [1.29, 1.82) is 0 Å². The summed E-state index contributed by atoms with van der Waals surface area (Å²) in [6, 6.07) is 13.0. The quantitative estimate of drug-likeness (QED) is 0.339. The molecule has 0 fully saturated rings. The molecule has 0 radical (unpaired) electrons. The lowest BCUT2D eigenvalue weighted by atomic mass is 10.1. The molecule has 0 amide bonds. The molecule has 2 aromatic rings. The number of nitrogens with zero attached hydrogens (tertiary/aromatic N) is 2. The van der Waals surface area contributed by atoms with Gasteiger partial charge in [-0.15, -0.1) is 24.0 Å². The molecule has 0 aromatic heterocycles. The van der Waals surface area contributed by atoms with E-state index in [1.165, 1.54) is 11.6 Å². The molecule has 0 bridgehead atoms. The van der Waals surface area contributed by atoms with Crippen LogP contribution in [0.15, 0.2) is 47.5 Å². The van der Waals surface area contributed by atoms with Crippen LogP contribution in [0, 0.1) is 5.82 Å². The lowest BCUT2D eigenvalue weighted by Gasteiger charge is -2.14. The molecule has 148 valence electrons. The zero-order chi connectivity index (χ0) is 18.9. The van der Waals surface area contributed by atoms with Crippen molar-refractivity contribution in [2.75, 3.05) is 27.7 Å². The van der Waals surface area contributed by atoms with Gasteiger partial charge in [-0.3, -0.25) is 4.99 Å². The van der Waals surface area contributed by atoms with E-state index in [9.17, 15) is 4.39 Å². The molecule has 4 nitrogen and oxygen atoms in total. The topological polar surface area (TPSA) is 39.7 Å². The van der Waals surface area contributed by atoms with Crippen molar-refractivity contribution in [3.05, 3.63) is 70.0 Å². The fourth-order valence-corrected chi connectivity index (χ4v) is 2.84. The molecular formula is C20H27ClFIN4. The average molecular weight is 505 g/mol. The zero-order valence-electron chi connectivity index (χ0n) is 15.9. The van der Waals surface area contributed by atoms with Gasteiger partial charge in [0.15, 0.2) is 5.96 Å². The van der Waals surface area contributed by atoms with E-state index in [0.717, 1.165) is 23.6 Å². The van der Waals surface area contributed by atoms with Gasteiger partial charge in [-0.05, 0) is 55.9 Å². The van der Waals surface area contributed by atoms with Crippen LogP contribution in [0.25, 0.3) is 0 Å². The molecule has 2 rings (SSSR count). The van der Waals surface area contributed by atoms with Crippen LogP contribution in [0.5, 0.6) is 0 Å². The van der Waals surface area contributed by atoms with Crippen LogP contribution in [0.1, 0.15) is 16.7 Å². The smallest absolute Gasteiger partial charge is 0.191 e. The Morgan fingerprint density at radius 2 is 1.89 bits per heavy atom. The van der Waals surface area contributed by atoms with Gasteiger partial charge in [0.1, 0.15) is 5.82 Å². The Kier molecular flexibility index (Phi) is 10.6. The summed E-state index contributed by atoms with van der Waals surface area (Å²) in [4.78, 5) is 6.18. The number of benzene rings is 2. The van der Waals surface area contributed by atoms with Gasteiger partial charge in [0.2, 0.25) is 0 Å². The molecule has 0 saturated carbocycles. The van der Waals surface area contributed by atoms with E-state index in [0.29, 0.717) is 24.6 Å².